The van der Waals surface area contributed by atoms with Gasteiger partial charge in [-0.3, -0.25) is 4.79 Å². The van der Waals surface area contributed by atoms with E-state index in [2.05, 4.69) is 15.9 Å². The van der Waals surface area contributed by atoms with Crippen molar-refractivity contribution in [3.63, 3.8) is 0 Å². The van der Waals surface area contributed by atoms with Crippen LogP contribution in [0.15, 0.2) is 15.2 Å². The number of carbonyl (C=O) groups is 1. The number of rotatable bonds is 5. The molecule has 94 valence electrons. The summed E-state index contributed by atoms with van der Waals surface area (Å²) in [5, 5.41) is 8.99. The maximum Gasteiger partial charge on any atom is 0.289 e. The number of carbonyl (C=O) groups excluding carboxylic acids is 1. The van der Waals surface area contributed by atoms with Crippen molar-refractivity contribution in [1.29, 1.82) is 0 Å². The maximum atomic E-state index is 12.2. The molecule has 1 N–H and O–H groups in total. The molecule has 0 bridgehead atoms. The summed E-state index contributed by atoms with van der Waals surface area (Å²) < 4.78 is 5.94. The van der Waals surface area contributed by atoms with Crippen LogP contribution < -0.4 is 0 Å². The third-order valence-electron chi connectivity index (χ3n) is 2.90. The van der Waals surface area contributed by atoms with E-state index in [1.54, 1.807) is 11.0 Å². The Bertz CT molecular complexity index is 392. The number of aliphatic hydroxyl groups is 1. The predicted octanol–water partition coefficient (Wildman–Crippen LogP) is 2.20. The van der Waals surface area contributed by atoms with Gasteiger partial charge >= 0.3 is 0 Å². The summed E-state index contributed by atoms with van der Waals surface area (Å²) >= 11 is 3.25. The van der Waals surface area contributed by atoms with E-state index in [0.29, 0.717) is 22.9 Å². The lowest BCUT2D eigenvalue weighted by Crippen LogP contribution is -2.35. The van der Waals surface area contributed by atoms with Crippen molar-refractivity contribution in [3.8, 4) is 0 Å². The highest BCUT2D eigenvalue weighted by molar-refractivity contribution is 9.10. The van der Waals surface area contributed by atoms with E-state index in [-0.39, 0.29) is 12.5 Å². The molecular formula is C12H16BrNO3. The maximum absolute atomic E-state index is 12.2. The number of hydrogen-bond donors (Lipinski definition) is 1. The topological polar surface area (TPSA) is 53.7 Å². The van der Waals surface area contributed by atoms with Gasteiger partial charge < -0.3 is 14.4 Å². The van der Waals surface area contributed by atoms with E-state index in [0.717, 1.165) is 12.1 Å². The Morgan fingerprint density at radius 3 is 2.82 bits per heavy atom. The van der Waals surface area contributed by atoms with Crippen LogP contribution in [-0.2, 0) is 0 Å². The minimum absolute atomic E-state index is 0.0146. The number of furan rings is 1. The molecule has 1 aromatic heterocycles. The molecule has 0 saturated heterocycles. The molecule has 1 aliphatic rings. The molecule has 1 aromatic rings. The minimum atomic E-state index is -0.139. The van der Waals surface area contributed by atoms with Gasteiger partial charge in [-0.25, -0.2) is 0 Å². The lowest BCUT2D eigenvalue weighted by atomic mass is 10.3. The van der Waals surface area contributed by atoms with Gasteiger partial charge in [-0.05, 0) is 47.7 Å². The van der Waals surface area contributed by atoms with Crippen molar-refractivity contribution in [2.75, 3.05) is 19.7 Å². The van der Waals surface area contributed by atoms with Gasteiger partial charge in [0.1, 0.15) is 0 Å². The van der Waals surface area contributed by atoms with Crippen LogP contribution in [0.3, 0.4) is 0 Å². The average Bonchev–Trinajstić information content (AvgIpc) is 3.04. The summed E-state index contributed by atoms with van der Waals surface area (Å²) in [6.07, 6.45) is 2.35. The molecule has 1 heterocycles. The SMILES string of the molecule is Cc1cc(C(=O)N(CCO)CC2CC2)oc1Br. The molecule has 5 heteroatoms. The first-order valence-electron chi connectivity index (χ1n) is 5.78. The second-order valence-electron chi connectivity index (χ2n) is 4.49. The van der Waals surface area contributed by atoms with Crippen molar-refractivity contribution >= 4 is 21.8 Å². The first kappa shape index (κ1) is 12.6. The Hall–Kier alpha value is -0.810. The van der Waals surface area contributed by atoms with Gasteiger partial charge in [0.25, 0.3) is 5.91 Å². The zero-order valence-electron chi connectivity index (χ0n) is 9.78. The van der Waals surface area contributed by atoms with E-state index in [9.17, 15) is 4.79 Å². The van der Waals surface area contributed by atoms with Crippen LogP contribution >= 0.6 is 15.9 Å². The Labute approximate surface area is 109 Å². The van der Waals surface area contributed by atoms with Gasteiger partial charge in [-0.15, -0.1) is 0 Å². The largest absolute Gasteiger partial charge is 0.444 e. The van der Waals surface area contributed by atoms with Crippen molar-refractivity contribution < 1.29 is 14.3 Å². The molecule has 0 radical (unpaired) electrons. The standard InChI is InChI=1S/C12H16BrNO3/c1-8-6-10(17-11(8)13)12(16)14(4-5-15)7-9-2-3-9/h6,9,15H,2-5,7H2,1H3. The molecule has 0 aromatic carbocycles. The number of nitrogens with zero attached hydrogens (tertiary/aromatic N) is 1. The van der Waals surface area contributed by atoms with Gasteiger partial charge in [-0.1, -0.05) is 0 Å². The average molecular weight is 302 g/mol. The lowest BCUT2D eigenvalue weighted by molar-refractivity contribution is 0.0680. The third-order valence-corrected chi connectivity index (χ3v) is 3.69. The summed E-state index contributed by atoms with van der Waals surface area (Å²) in [7, 11) is 0. The Balaban J connectivity index is 2.08. The fourth-order valence-electron chi connectivity index (χ4n) is 1.73. The first-order valence-corrected chi connectivity index (χ1v) is 6.57. The van der Waals surface area contributed by atoms with Gasteiger partial charge in [0.05, 0.1) is 6.61 Å². The van der Waals surface area contributed by atoms with Crippen LogP contribution in [0.25, 0.3) is 0 Å². The lowest BCUT2D eigenvalue weighted by Gasteiger charge is -2.20. The van der Waals surface area contributed by atoms with E-state index >= 15 is 0 Å². The summed E-state index contributed by atoms with van der Waals surface area (Å²) in [6.45, 7) is 2.95. The van der Waals surface area contributed by atoms with E-state index in [4.69, 9.17) is 9.52 Å². The van der Waals surface area contributed by atoms with Crippen molar-refractivity contribution in [2.24, 2.45) is 5.92 Å². The van der Waals surface area contributed by atoms with E-state index < -0.39 is 0 Å². The quantitative estimate of drug-likeness (QED) is 0.907. The van der Waals surface area contributed by atoms with Gasteiger partial charge in [0, 0.05) is 18.7 Å². The molecule has 1 saturated carbocycles. The van der Waals surface area contributed by atoms with Crippen molar-refractivity contribution in [2.45, 2.75) is 19.8 Å². The van der Waals surface area contributed by atoms with E-state index in [1.807, 2.05) is 6.92 Å². The highest BCUT2D eigenvalue weighted by atomic mass is 79.9. The van der Waals surface area contributed by atoms with Crippen LogP contribution in [0, 0.1) is 12.8 Å². The van der Waals surface area contributed by atoms with Crippen LogP contribution in [-0.4, -0.2) is 35.6 Å². The van der Waals surface area contributed by atoms with E-state index in [1.165, 1.54) is 12.8 Å². The zero-order valence-corrected chi connectivity index (χ0v) is 11.4. The summed E-state index contributed by atoms with van der Waals surface area (Å²) in [5.41, 5.74) is 0.906. The molecule has 4 nitrogen and oxygen atoms in total. The van der Waals surface area contributed by atoms with Gasteiger partial charge in [-0.2, -0.15) is 0 Å². The molecule has 17 heavy (non-hydrogen) atoms. The number of amides is 1. The number of aryl methyl sites for hydroxylation is 1. The zero-order chi connectivity index (χ0) is 12.4. The minimum Gasteiger partial charge on any atom is -0.444 e. The van der Waals surface area contributed by atoms with Gasteiger partial charge in [0.2, 0.25) is 0 Å². The third kappa shape index (κ3) is 3.10. The molecule has 1 aliphatic carbocycles. The molecule has 1 fully saturated rings. The summed E-state index contributed by atoms with van der Waals surface area (Å²) in [5.74, 6) is 0.799. The van der Waals surface area contributed by atoms with Gasteiger partial charge in [0.15, 0.2) is 10.4 Å². The number of halogens is 1. The highest BCUT2D eigenvalue weighted by Gasteiger charge is 2.28. The smallest absolute Gasteiger partial charge is 0.289 e. The first-order chi connectivity index (χ1) is 8.11. The normalized spacial score (nSPS) is 15.0. The Morgan fingerprint density at radius 1 is 1.65 bits per heavy atom. The molecule has 1 amide bonds. The summed E-state index contributed by atoms with van der Waals surface area (Å²) in [6, 6.07) is 1.73. The number of aliphatic hydroxyl groups excluding tert-OH is 1. The van der Waals surface area contributed by atoms with Crippen LogP contribution in [0.5, 0.6) is 0 Å². The molecule has 0 spiro atoms. The second kappa shape index (κ2) is 5.23. The second-order valence-corrected chi connectivity index (χ2v) is 5.21. The molecule has 0 atom stereocenters. The Morgan fingerprint density at radius 2 is 2.35 bits per heavy atom. The molecular weight excluding hydrogens is 286 g/mol. The Kier molecular flexibility index (Phi) is 3.89. The molecule has 0 unspecified atom stereocenters. The molecule has 0 aliphatic heterocycles. The van der Waals surface area contributed by atoms with Crippen molar-refractivity contribution in [3.05, 3.63) is 22.1 Å². The predicted molar refractivity (Wildman–Crippen MR) is 66.9 cm³/mol. The number of hydrogen-bond acceptors (Lipinski definition) is 3. The summed E-state index contributed by atoms with van der Waals surface area (Å²) in [4.78, 5) is 13.8. The molecule has 2 rings (SSSR count). The van der Waals surface area contributed by atoms with Crippen LogP contribution in [0.1, 0.15) is 29.0 Å². The van der Waals surface area contributed by atoms with Crippen LogP contribution in [0.4, 0.5) is 0 Å². The fourth-order valence-corrected chi connectivity index (χ4v) is 2.02. The van der Waals surface area contributed by atoms with Crippen LogP contribution in [0.2, 0.25) is 0 Å². The fraction of sp³-hybridized carbons (Fsp3) is 0.583. The van der Waals surface area contributed by atoms with Crippen molar-refractivity contribution in [1.82, 2.24) is 4.90 Å². The monoisotopic (exact) mass is 301 g/mol. The highest BCUT2D eigenvalue weighted by Crippen LogP contribution is 2.30.